The molecule has 0 aliphatic rings. The van der Waals surface area contributed by atoms with Crippen LogP contribution in [0.3, 0.4) is 0 Å². The number of benzene rings is 2. The van der Waals surface area contributed by atoms with Crippen LogP contribution in [0.1, 0.15) is 13.8 Å². The minimum absolute atomic E-state index is 0.00523. The summed E-state index contributed by atoms with van der Waals surface area (Å²) >= 11 is 2.04. The number of para-hydroxylation sites is 1. The van der Waals surface area contributed by atoms with E-state index in [9.17, 15) is 16.8 Å². The topological polar surface area (TPSA) is 83.6 Å². The minimum Gasteiger partial charge on any atom is -0.279 e. The highest BCUT2D eigenvalue weighted by Crippen LogP contribution is 2.23. The lowest BCUT2D eigenvalue weighted by Crippen LogP contribution is -2.30. The fourth-order valence-electron chi connectivity index (χ4n) is 2.25. The maximum absolute atomic E-state index is 12.5. The highest BCUT2D eigenvalue weighted by Gasteiger charge is 2.23. The van der Waals surface area contributed by atoms with Gasteiger partial charge in [0, 0.05) is 16.7 Å². The zero-order valence-electron chi connectivity index (χ0n) is 13.8. The van der Waals surface area contributed by atoms with E-state index in [1.54, 1.807) is 32.0 Å². The molecule has 0 spiro atoms. The lowest BCUT2D eigenvalue weighted by atomic mass is 10.3. The third-order valence-corrected chi connectivity index (χ3v) is 7.98. The van der Waals surface area contributed by atoms with Crippen LogP contribution in [0.2, 0.25) is 0 Å². The van der Waals surface area contributed by atoms with Crippen LogP contribution >= 0.6 is 22.6 Å². The van der Waals surface area contributed by atoms with Crippen molar-refractivity contribution in [2.45, 2.75) is 23.6 Å². The molecule has 0 fully saturated rings. The van der Waals surface area contributed by atoms with Crippen molar-refractivity contribution in [2.24, 2.45) is 0 Å². The molecule has 2 aromatic carbocycles. The summed E-state index contributed by atoms with van der Waals surface area (Å²) in [5.41, 5.74) is 0.475. The van der Waals surface area contributed by atoms with E-state index in [-0.39, 0.29) is 9.79 Å². The highest BCUT2D eigenvalue weighted by atomic mass is 127. The van der Waals surface area contributed by atoms with E-state index < -0.39 is 20.0 Å². The summed E-state index contributed by atoms with van der Waals surface area (Å²) in [5.74, 6) is 0. The maximum Gasteiger partial charge on any atom is 0.261 e. The monoisotopic (exact) mass is 494 g/mol. The Morgan fingerprint density at radius 1 is 0.880 bits per heavy atom. The smallest absolute Gasteiger partial charge is 0.261 e. The van der Waals surface area contributed by atoms with Gasteiger partial charge in [-0.05, 0) is 59.0 Å². The summed E-state index contributed by atoms with van der Waals surface area (Å²) < 4.78 is 54.5. The number of sulfonamides is 2. The average molecular weight is 494 g/mol. The number of halogens is 1. The van der Waals surface area contributed by atoms with Crippen molar-refractivity contribution >= 4 is 48.3 Å². The predicted molar refractivity (Wildman–Crippen MR) is 107 cm³/mol. The largest absolute Gasteiger partial charge is 0.279 e. The van der Waals surface area contributed by atoms with Gasteiger partial charge in [0.15, 0.2) is 0 Å². The quantitative estimate of drug-likeness (QED) is 0.600. The molecular formula is C16H19IN2O4S2. The van der Waals surface area contributed by atoms with E-state index in [1.165, 1.54) is 28.6 Å². The van der Waals surface area contributed by atoms with Crippen LogP contribution < -0.4 is 4.72 Å². The molecule has 9 heteroatoms. The zero-order chi connectivity index (χ0) is 18.7. The van der Waals surface area contributed by atoms with Crippen molar-refractivity contribution < 1.29 is 16.8 Å². The standard InChI is InChI=1S/C16H19IN2O4S2/c1-3-19(4-2)25(22,23)14-11-9-13(10-12-14)24(20,21)18-16-8-6-5-7-15(16)17/h5-12,18H,3-4H2,1-2H3. The molecule has 0 unspecified atom stereocenters. The van der Waals surface area contributed by atoms with Crippen molar-refractivity contribution in [2.75, 3.05) is 17.8 Å². The Labute approximate surface area is 162 Å². The predicted octanol–water partition coefficient (Wildman–Crippen LogP) is 3.12. The van der Waals surface area contributed by atoms with Crippen LogP contribution in [0.25, 0.3) is 0 Å². The van der Waals surface area contributed by atoms with Gasteiger partial charge in [-0.25, -0.2) is 16.8 Å². The van der Waals surface area contributed by atoms with E-state index in [2.05, 4.69) is 4.72 Å². The van der Waals surface area contributed by atoms with Crippen molar-refractivity contribution in [1.82, 2.24) is 4.31 Å². The van der Waals surface area contributed by atoms with Gasteiger partial charge < -0.3 is 0 Å². The molecule has 0 saturated carbocycles. The van der Waals surface area contributed by atoms with Gasteiger partial charge in [-0.2, -0.15) is 4.31 Å². The minimum atomic E-state index is -3.79. The SMILES string of the molecule is CCN(CC)S(=O)(=O)c1ccc(S(=O)(=O)Nc2ccccc2I)cc1. The van der Waals surface area contributed by atoms with Crippen molar-refractivity contribution in [3.05, 3.63) is 52.1 Å². The molecule has 0 atom stereocenters. The van der Waals surface area contributed by atoms with Gasteiger partial charge in [-0.3, -0.25) is 4.72 Å². The molecule has 0 amide bonds. The zero-order valence-corrected chi connectivity index (χ0v) is 17.6. The molecule has 2 aromatic rings. The van der Waals surface area contributed by atoms with E-state index in [0.29, 0.717) is 18.8 Å². The summed E-state index contributed by atoms with van der Waals surface area (Å²) in [6.45, 7) is 4.22. The van der Waals surface area contributed by atoms with E-state index in [1.807, 2.05) is 28.7 Å². The number of hydrogen-bond acceptors (Lipinski definition) is 4. The molecule has 6 nitrogen and oxygen atoms in total. The fourth-order valence-corrected chi connectivity index (χ4v) is 5.49. The molecule has 2 rings (SSSR count). The molecule has 25 heavy (non-hydrogen) atoms. The third-order valence-electron chi connectivity index (χ3n) is 3.60. The van der Waals surface area contributed by atoms with Gasteiger partial charge >= 0.3 is 0 Å². The third kappa shape index (κ3) is 4.52. The van der Waals surface area contributed by atoms with Crippen LogP contribution in [-0.4, -0.2) is 34.2 Å². The van der Waals surface area contributed by atoms with Gasteiger partial charge in [0.1, 0.15) is 0 Å². The van der Waals surface area contributed by atoms with E-state index in [4.69, 9.17) is 0 Å². The van der Waals surface area contributed by atoms with Gasteiger partial charge in [-0.15, -0.1) is 0 Å². The first-order valence-electron chi connectivity index (χ1n) is 7.60. The average Bonchev–Trinajstić information content (AvgIpc) is 2.58. The number of hydrogen-bond donors (Lipinski definition) is 1. The van der Waals surface area contributed by atoms with Crippen molar-refractivity contribution in [1.29, 1.82) is 0 Å². The molecular weight excluding hydrogens is 475 g/mol. The Morgan fingerprint density at radius 2 is 1.40 bits per heavy atom. The molecule has 0 heterocycles. The molecule has 0 radical (unpaired) electrons. The van der Waals surface area contributed by atoms with Crippen molar-refractivity contribution in [3.8, 4) is 0 Å². The number of rotatable bonds is 7. The number of nitrogens with one attached hydrogen (secondary N) is 1. The molecule has 0 aromatic heterocycles. The van der Waals surface area contributed by atoms with Crippen molar-refractivity contribution in [3.63, 3.8) is 0 Å². The Kier molecular flexibility index (Phi) is 6.46. The summed E-state index contributed by atoms with van der Waals surface area (Å²) in [6.07, 6.45) is 0. The highest BCUT2D eigenvalue weighted by molar-refractivity contribution is 14.1. The lowest BCUT2D eigenvalue weighted by molar-refractivity contribution is 0.445. The van der Waals surface area contributed by atoms with Crippen LogP contribution in [-0.2, 0) is 20.0 Å². The van der Waals surface area contributed by atoms with Crippen LogP contribution in [0.15, 0.2) is 58.3 Å². The molecule has 0 aliphatic heterocycles. The van der Waals surface area contributed by atoms with Gasteiger partial charge in [0.2, 0.25) is 10.0 Å². The van der Waals surface area contributed by atoms with Crippen LogP contribution in [0.4, 0.5) is 5.69 Å². The normalized spacial score (nSPS) is 12.3. The Balaban J connectivity index is 2.32. The molecule has 0 bridgehead atoms. The summed E-state index contributed by atoms with van der Waals surface area (Å²) in [5, 5.41) is 0. The second-order valence-electron chi connectivity index (χ2n) is 5.15. The Hall–Kier alpha value is -1.17. The van der Waals surface area contributed by atoms with Gasteiger partial charge in [-0.1, -0.05) is 26.0 Å². The first-order valence-corrected chi connectivity index (χ1v) is 11.6. The fraction of sp³-hybridized carbons (Fsp3) is 0.250. The Morgan fingerprint density at radius 3 is 1.92 bits per heavy atom. The summed E-state index contributed by atoms with van der Waals surface area (Å²) in [6, 6.07) is 12.2. The van der Waals surface area contributed by atoms with Crippen LogP contribution in [0.5, 0.6) is 0 Å². The first-order chi connectivity index (χ1) is 11.7. The van der Waals surface area contributed by atoms with Crippen LogP contribution in [0, 0.1) is 3.57 Å². The molecule has 0 saturated heterocycles. The number of nitrogens with zero attached hydrogens (tertiary/aromatic N) is 1. The van der Waals surface area contributed by atoms with E-state index >= 15 is 0 Å². The summed E-state index contributed by atoms with van der Waals surface area (Å²) in [7, 11) is -7.40. The molecule has 136 valence electrons. The summed E-state index contributed by atoms with van der Waals surface area (Å²) in [4.78, 5) is 0.0788. The molecule has 1 N–H and O–H groups in total. The van der Waals surface area contributed by atoms with Gasteiger partial charge in [0.25, 0.3) is 10.0 Å². The second-order valence-corrected chi connectivity index (χ2v) is 9.93. The number of anilines is 1. The lowest BCUT2D eigenvalue weighted by Gasteiger charge is -2.18. The first kappa shape index (κ1) is 20.1. The second kappa shape index (κ2) is 8.02. The Bertz CT molecular complexity index is 938. The molecule has 0 aliphatic carbocycles. The van der Waals surface area contributed by atoms with E-state index in [0.717, 1.165) is 3.57 Å². The van der Waals surface area contributed by atoms with Gasteiger partial charge in [0.05, 0.1) is 15.5 Å². The maximum atomic E-state index is 12.5.